The van der Waals surface area contributed by atoms with Crippen LogP contribution in [0.15, 0.2) is 118 Å². The summed E-state index contributed by atoms with van der Waals surface area (Å²) in [5.74, 6) is 1.13. The summed E-state index contributed by atoms with van der Waals surface area (Å²) < 4.78 is 75.1. The van der Waals surface area contributed by atoms with Crippen LogP contribution in [0.4, 0.5) is 8.78 Å². The summed E-state index contributed by atoms with van der Waals surface area (Å²) in [6.45, 7) is 3.72. The molecule has 3 aromatic carbocycles. The first kappa shape index (κ1) is 31.9. The standard InChI is InChI=1S/C35H38F2O6S2/c1-25(33(38)42-34-21-27-18-28(22-34)20-29(19-27)26(34)2)23-41-24-35(36,37)45(39,40)43-44(30-12-6-3-7-13-30,31-14-8-4-9-15-31)32-16-10-5-11-17-32/h3-17,26-29H,1,18-24H2,2H3. The third-order valence-electron chi connectivity index (χ3n) is 9.66. The van der Waals surface area contributed by atoms with Crippen molar-refractivity contribution in [2.75, 3.05) is 13.2 Å². The van der Waals surface area contributed by atoms with Crippen LogP contribution in [0.25, 0.3) is 0 Å². The fraction of sp³-hybridized carbons (Fsp3) is 0.400. The van der Waals surface area contributed by atoms with Gasteiger partial charge in [-0.15, -0.1) is 0 Å². The van der Waals surface area contributed by atoms with Gasteiger partial charge in [0.15, 0.2) is 0 Å². The second-order valence-electron chi connectivity index (χ2n) is 12.6. The van der Waals surface area contributed by atoms with Gasteiger partial charge in [-0.1, -0.05) is 68.1 Å². The topological polar surface area (TPSA) is 78.9 Å². The minimum absolute atomic E-state index is 0.134. The van der Waals surface area contributed by atoms with Crippen LogP contribution in [0.3, 0.4) is 0 Å². The summed E-state index contributed by atoms with van der Waals surface area (Å²) in [7, 11) is -8.77. The molecular weight excluding hydrogens is 619 g/mol. The molecule has 0 amide bonds. The minimum atomic E-state index is -5.59. The van der Waals surface area contributed by atoms with E-state index in [-0.39, 0.29) is 11.5 Å². The molecule has 4 aliphatic carbocycles. The summed E-state index contributed by atoms with van der Waals surface area (Å²) in [5, 5.41) is -4.44. The highest BCUT2D eigenvalue weighted by molar-refractivity contribution is 8.33. The lowest BCUT2D eigenvalue weighted by atomic mass is 9.50. The Hall–Kier alpha value is -3.05. The molecule has 0 N–H and O–H groups in total. The predicted molar refractivity (Wildman–Crippen MR) is 168 cm³/mol. The highest BCUT2D eigenvalue weighted by Crippen LogP contribution is 2.70. The van der Waals surface area contributed by atoms with Gasteiger partial charge >= 0.3 is 21.3 Å². The van der Waals surface area contributed by atoms with Crippen molar-refractivity contribution >= 4 is 26.4 Å². The van der Waals surface area contributed by atoms with E-state index in [1.54, 1.807) is 91.0 Å². The number of carbonyl (C=O) groups excluding carboxylic acids is 1. The molecule has 3 aromatic rings. The summed E-state index contributed by atoms with van der Waals surface area (Å²) in [5.41, 5.74) is -0.696. The average molecular weight is 657 g/mol. The number of hydrogen-bond donors (Lipinski definition) is 0. The number of benzene rings is 3. The third kappa shape index (κ3) is 5.98. The van der Waals surface area contributed by atoms with Gasteiger partial charge in [0, 0.05) is 14.7 Å². The smallest absolute Gasteiger partial charge is 0.393 e. The van der Waals surface area contributed by atoms with Crippen molar-refractivity contribution in [3.05, 3.63) is 103 Å². The van der Waals surface area contributed by atoms with Gasteiger partial charge in [0.05, 0.1) is 12.2 Å². The number of halogens is 2. The maximum Gasteiger partial charge on any atom is 0.393 e. The zero-order valence-electron chi connectivity index (χ0n) is 25.1. The molecule has 7 rings (SSSR count). The maximum atomic E-state index is 15.6. The Morgan fingerprint density at radius 3 is 1.78 bits per heavy atom. The number of alkyl halides is 2. The molecule has 45 heavy (non-hydrogen) atoms. The van der Waals surface area contributed by atoms with E-state index in [9.17, 15) is 13.2 Å². The van der Waals surface area contributed by atoms with E-state index in [1.807, 2.05) is 0 Å². The van der Waals surface area contributed by atoms with Crippen molar-refractivity contribution in [1.29, 1.82) is 0 Å². The molecule has 4 aliphatic rings. The first-order valence-corrected chi connectivity index (χ1v) is 18.2. The van der Waals surface area contributed by atoms with Crippen LogP contribution in [0.2, 0.25) is 0 Å². The average Bonchev–Trinajstić information content (AvgIpc) is 3.03. The Bertz CT molecular complexity index is 1520. The fourth-order valence-corrected chi connectivity index (χ4v) is 12.7. The van der Waals surface area contributed by atoms with Crippen LogP contribution < -0.4 is 0 Å². The molecule has 0 saturated heterocycles. The van der Waals surface area contributed by atoms with Gasteiger partial charge < -0.3 is 9.47 Å². The van der Waals surface area contributed by atoms with E-state index in [1.165, 1.54) is 6.42 Å². The highest BCUT2D eigenvalue weighted by atomic mass is 32.3. The van der Waals surface area contributed by atoms with E-state index in [2.05, 4.69) is 13.5 Å². The number of ether oxygens (including phenoxy) is 2. The van der Waals surface area contributed by atoms with Crippen molar-refractivity contribution in [2.45, 2.75) is 64.6 Å². The predicted octanol–water partition coefficient (Wildman–Crippen LogP) is 8.15. The van der Waals surface area contributed by atoms with Gasteiger partial charge in [0.1, 0.15) is 12.2 Å². The van der Waals surface area contributed by atoms with Crippen LogP contribution >= 0.6 is 10.3 Å². The number of esters is 1. The molecular formula is C35H38F2O6S2. The van der Waals surface area contributed by atoms with Gasteiger partial charge in [-0.2, -0.15) is 17.2 Å². The van der Waals surface area contributed by atoms with Crippen molar-refractivity contribution in [2.24, 2.45) is 23.7 Å². The van der Waals surface area contributed by atoms with Gasteiger partial charge in [-0.05, 0) is 102 Å². The van der Waals surface area contributed by atoms with Crippen LogP contribution in [0.5, 0.6) is 0 Å². The first-order chi connectivity index (χ1) is 21.5. The lowest BCUT2D eigenvalue weighted by Gasteiger charge is -2.59. The third-order valence-corrected chi connectivity index (χ3v) is 14.8. The van der Waals surface area contributed by atoms with E-state index in [4.69, 9.17) is 13.1 Å². The van der Waals surface area contributed by atoms with Crippen molar-refractivity contribution in [3.8, 4) is 0 Å². The monoisotopic (exact) mass is 656 g/mol. The summed E-state index contributed by atoms with van der Waals surface area (Å²) in [6.07, 6.45) is 5.11. The molecule has 0 heterocycles. The van der Waals surface area contributed by atoms with E-state index >= 15 is 8.78 Å². The molecule has 10 heteroatoms. The molecule has 0 aromatic heterocycles. The Labute approximate surface area is 265 Å². The SMILES string of the molecule is C=C(COCC(F)(F)S(=O)(=O)OS(c1ccccc1)(c1ccccc1)c1ccccc1)C(=O)OC12CC3CC(CC(C3)C1C)C2. The second-order valence-corrected chi connectivity index (χ2v) is 17.2. The van der Waals surface area contributed by atoms with Crippen LogP contribution in [0, 0.1) is 23.7 Å². The Balaban J connectivity index is 1.18. The van der Waals surface area contributed by atoms with Crippen LogP contribution in [0.1, 0.15) is 39.0 Å². The van der Waals surface area contributed by atoms with Gasteiger partial charge in [-0.3, -0.25) is 0 Å². The summed E-state index contributed by atoms with van der Waals surface area (Å²) in [6, 6.07) is 25.5. The highest BCUT2D eigenvalue weighted by Gasteiger charge is 2.58. The first-order valence-electron chi connectivity index (χ1n) is 15.3. The van der Waals surface area contributed by atoms with Crippen molar-refractivity contribution < 1.29 is 35.1 Å². The van der Waals surface area contributed by atoms with Crippen LogP contribution in [-0.4, -0.2) is 38.5 Å². The van der Waals surface area contributed by atoms with E-state index in [0.717, 1.165) is 25.7 Å². The molecule has 4 saturated carbocycles. The second kappa shape index (κ2) is 12.3. The van der Waals surface area contributed by atoms with Gasteiger partial charge in [0.25, 0.3) is 0 Å². The summed E-state index contributed by atoms with van der Waals surface area (Å²) >= 11 is 0. The largest absolute Gasteiger partial charge is 0.455 e. The van der Waals surface area contributed by atoms with Crippen molar-refractivity contribution in [1.82, 2.24) is 0 Å². The normalized spacial score (nSPS) is 26.4. The molecule has 4 bridgehead atoms. The minimum Gasteiger partial charge on any atom is -0.455 e. The zero-order valence-corrected chi connectivity index (χ0v) is 26.8. The fourth-order valence-electron chi connectivity index (χ4n) is 7.62. The van der Waals surface area contributed by atoms with Gasteiger partial charge in [-0.25, -0.2) is 8.42 Å². The molecule has 3 unspecified atom stereocenters. The van der Waals surface area contributed by atoms with Gasteiger partial charge in [0.2, 0.25) is 0 Å². The molecule has 240 valence electrons. The number of rotatable bonds is 12. The molecule has 0 aliphatic heterocycles. The van der Waals surface area contributed by atoms with E-state index < -0.39 is 50.5 Å². The number of carbonyl (C=O) groups is 1. The Morgan fingerprint density at radius 1 is 0.844 bits per heavy atom. The molecule has 4 fully saturated rings. The zero-order chi connectivity index (χ0) is 31.9. The van der Waals surface area contributed by atoms with E-state index in [0.29, 0.717) is 32.4 Å². The quantitative estimate of drug-likeness (QED) is 0.145. The molecule has 3 atom stereocenters. The molecule has 0 radical (unpaired) electrons. The molecule has 0 spiro atoms. The number of hydrogen-bond acceptors (Lipinski definition) is 6. The van der Waals surface area contributed by atoms with Crippen molar-refractivity contribution in [3.63, 3.8) is 0 Å². The Morgan fingerprint density at radius 2 is 1.31 bits per heavy atom. The Kier molecular flexibility index (Phi) is 8.71. The summed E-state index contributed by atoms with van der Waals surface area (Å²) in [4.78, 5) is 14.3. The maximum absolute atomic E-state index is 15.6. The molecule has 6 nitrogen and oxygen atoms in total. The lowest BCUT2D eigenvalue weighted by Crippen LogP contribution is -2.58. The lowest BCUT2D eigenvalue weighted by molar-refractivity contribution is -0.202. The van der Waals surface area contributed by atoms with Crippen LogP contribution in [-0.2, 0) is 28.0 Å².